The summed E-state index contributed by atoms with van der Waals surface area (Å²) < 4.78 is 0. The van der Waals surface area contributed by atoms with Crippen molar-refractivity contribution in [2.45, 2.75) is 32.7 Å². The number of likely N-dealkylation sites (N-methyl/N-ethyl adjacent to an activating group) is 1. The third kappa shape index (κ3) is 3.71. The quantitative estimate of drug-likeness (QED) is 0.887. The Kier molecular flexibility index (Phi) is 5.12. The van der Waals surface area contributed by atoms with Crippen LogP contribution in [0.5, 0.6) is 0 Å². The van der Waals surface area contributed by atoms with Gasteiger partial charge in [0.1, 0.15) is 5.82 Å². The number of carbonyl (C=O) groups is 1. The number of amides is 1. The van der Waals surface area contributed by atoms with Crippen LogP contribution >= 0.6 is 11.3 Å². The highest BCUT2D eigenvalue weighted by Crippen LogP contribution is 2.29. The molecule has 4 rings (SSSR count). The first-order valence-electron chi connectivity index (χ1n) is 9.25. The number of nitrogens with zero attached hydrogens (tertiary/aromatic N) is 5. The third-order valence-electron chi connectivity index (χ3n) is 5.15. The molecule has 1 amide bonds. The van der Waals surface area contributed by atoms with Crippen molar-refractivity contribution in [1.82, 2.24) is 19.9 Å². The summed E-state index contributed by atoms with van der Waals surface area (Å²) in [4.78, 5) is 31.7. The van der Waals surface area contributed by atoms with E-state index in [4.69, 9.17) is 0 Å². The lowest BCUT2D eigenvalue weighted by Crippen LogP contribution is -2.41. The maximum absolute atomic E-state index is 12.8. The van der Waals surface area contributed by atoms with Crippen molar-refractivity contribution >= 4 is 28.2 Å². The lowest BCUT2D eigenvalue weighted by Gasteiger charge is -2.32. The second-order valence-electron chi connectivity index (χ2n) is 6.85. The highest BCUT2D eigenvalue weighted by molar-refractivity contribution is 7.15. The first-order chi connectivity index (χ1) is 12.7. The molecule has 2 aliphatic rings. The summed E-state index contributed by atoms with van der Waals surface area (Å²) in [5, 5.41) is 3.81. The number of hydrogen-bond acceptors (Lipinski definition) is 7. The molecule has 0 saturated carbocycles. The molecule has 1 N–H and O–H groups in total. The van der Waals surface area contributed by atoms with Gasteiger partial charge in [-0.15, -0.1) is 11.3 Å². The normalized spacial score (nSPS) is 20.7. The van der Waals surface area contributed by atoms with Crippen LogP contribution in [0, 0.1) is 5.92 Å². The van der Waals surface area contributed by atoms with E-state index in [-0.39, 0.29) is 11.8 Å². The Hall–Kier alpha value is -2.06. The number of thiazole rings is 1. The van der Waals surface area contributed by atoms with E-state index < -0.39 is 0 Å². The first-order valence-corrected chi connectivity index (χ1v) is 10.1. The van der Waals surface area contributed by atoms with Crippen LogP contribution in [-0.4, -0.2) is 51.9 Å². The van der Waals surface area contributed by atoms with Gasteiger partial charge in [-0.05, 0) is 19.4 Å². The largest absolute Gasteiger partial charge is 0.355 e. The second-order valence-corrected chi connectivity index (χ2v) is 7.93. The summed E-state index contributed by atoms with van der Waals surface area (Å²) in [5.74, 6) is 0.866. The van der Waals surface area contributed by atoms with E-state index in [0.29, 0.717) is 6.54 Å². The highest BCUT2D eigenvalue weighted by atomic mass is 32.1. The maximum Gasteiger partial charge on any atom is 0.231 e. The van der Waals surface area contributed by atoms with Gasteiger partial charge in [0.05, 0.1) is 17.8 Å². The molecule has 8 heteroatoms. The summed E-state index contributed by atoms with van der Waals surface area (Å²) in [5.41, 5.74) is 1.15. The molecule has 1 fully saturated rings. The van der Waals surface area contributed by atoms with Crippen molar-refractivity contribution in [2.75, 3.05) is 36.4 Å². The topological polar surface area (TPSA) is 74.2 Å². The fourth-order valence-corrected chi connectivity index (χ4v) is 4.69. The average Bonchev–Trinajstić information content (AvgIpc) is 3.10. The van der Waals surface area contributed by atoms with Crippen LogP contribution in [-0.2, 0) is 17.8 Å². The lowest BCUT2D eigenvalue weighted by molar-refractivity contribution is -0.120. The highest BCUT2D eigenvalue weighted by Gasteiger charge is 2.28. The van der Waals surface area contributed by atoms with Crippen LogP contribution in [0.1, 0.15) is 30.3 Å². The minimum Gasteiger partial charge on any atom is -0.355 e. The zero-order valence-corrected chi connectivity index (χ0v) is 15.8. The number of hydrogen-bond donors (Lipinski definition) is 1. The minimum absolute atomic E-state index is 0.0428. The monoisotopic (exact) mass is 372 g/mol. The van der Waals surface area contributed by atoms with Gasteiger partial charge >= 0.3 is 0 Å². The molecule has 138 valence electrons. The summed E-state index contributed by atoms with van der Waals surface area (Å²) in [6.07, 6.45) is 7.97. The van der Waals surface area contributed by atoms with Gasteiger partial charge in [0.15, 0.2) is 5.13 Å². The lowest BCUT2D eigenvalue weighted by atomic mass is 9.97. The summed E-state index contributed by atoms with van der Waals surface area (Å²) in [7, 11) is 0. The van der Waals surface area contributed by atoms with Crippen molar-refractivity contribution in [3.63, 3.8) is 0 Å². The van der Waals surface area contributed by atoms with Gasteiger partial charge in [-0.25, -0.2) is 9.97 Å². The van der Waals surface area contributed by atoms with E-state index in [1.807, 2.05) is 0 Å². The fourth-order valence-electron chi connectivity index (χ4n) is 3.63. The Balaban J connectivity index is 1.40. The number of nitrogens with one attached hydrogen (secondary N) is 1. The van der Waals surface area contributed by atoms with Crippen LogP contribution in [0.25, 0.3) is 0 Å². The Morgan fingerprint density at radius 1 is 1.38 bits per heavy atom. The van der Waals surface area contributed by atoms with Gasteiger partial charge in [0, 0.05) is 49.9 Å². The van der Waals surface area contributed by atoms with Crippen molar-refractivity contribution in [3.05, 3.63) is 29.2 Å². The Labute approximate surface area is 157 Å². The summed E-state index contributed by atoms with van der Waals surface area (Å²) in [6, 6.07) is 0. The summed E-state index contributed by atoms with van der Waals surface area (Å²) >= 11 is 1.62. The first kappa shape index (κ1) is 17.4. The molecule has 0 bridgehead atoms. The molecule has 0 spiro atoms. The van der Waals surface area contributed by atoms with Crippen LogP contribution in [0.15, 0.2) is 18.6 Å². The van der Waals surface area contributed by atoms with Crippen molar-refractivity contribution < 1.29 is 4.79 Å². The molecule has 1 atom stereocenters. The van der Waals surface area contributed by atoms with E-state index in [2.05, 4.69) is 37.0 Å². The molecule has 0 aliphatic carbocycles. The van der Waals surface area contributed by atoms with Crippen LogP contribution in [0.2, 0.25) is 0 Å². The minimum atomic E-state index is -0.0428. The third-order valence-corrected chi connectivity index (χ3v) is 6.15. The molecule has 1 saturated heterocycles. The zero-order valence-electron chi connectivity index (χ0n) is 15.0. The van der Waals surface area contributed by atoms with Gasteiger partial charge in [0.25, 0.3) is 0 Å². The predicted octanol–water partition coefficient (Wildman–Crippen LogP) is 2.17. The van der Waals surface area contributed by atoms with Crippen LogP contribution in [0.3, 0.4) is 0 Å². The molecule has 7 nitrogen and oxygen atoms in total. The Morgan fingerprint density at radius 3 is 3.12 bits per heavy atom. The van der Waals surface area contributed by atoms with E-state index in [1.165, 1.54) is 4.88 Å². The maximum atomic E-state index is 12.8. The molecule has 2 aliphatic heterocycles. The number of anilines is 2. The van der Waals surface area contributed by atoms with Gasteiger partial charge < -0.3 is 10.2 Å². The SMILES string of the molecule is CCN1CCc2nc(NC(=O)C3CCCN(c4cnccn4)C3)sc2C1. The fraction of sp³-hybridized carbons (Fsp3) is 0.556. The average molecular weight is 372 g/mol. The van der Waals surface area contributed by atoms with E-state index in [1.54, 1.807) is 29.9 Å². The molecular formula is C18H24N6OS. The Morgan fingerprint density at radius 2 is 2.31 bits per heavy atom. The molecule has 2 aromatic rings. The number of fused-ring (bicyclic) bond motifs is 1. The number of piperidine rings is 1. The molecule has 0 radical (unpaired) electrons. The van der Waals surface area contributed by atoms with Gasteiger partial charge in [0.2, 0.25) is 5.91 Å². The second kappa shape index (κ2) is 7.67. The molecule has 26 heavy (non-hydrogen) atoms. The van der Waals surface area contributed by atoms with Crippen molar-refractivity contribution in [1.29, 1.82) is 0 Å². The molecule has 1 unspecified atom stereocenters. The van der Waals surface area contributed by atoms with Gasteiger partial charge in [-0.3, -0.25) is 14.7 Å². The van der Waals surface area contributed by atoms with Crippen molar-refractivity contribution in [2.24, 2.45) is 5.92 Å². The summed E-state index contributed by atoms with van der Waals surface area (Å²) in [6.45, 7) is 6.83. The standard InChI is InChI=1S/C18H24N6OS/c1-2-23-9-5-14-15(12-23)26-18(21-14)22-17(25)13-4-3-8-24(11-13)16-10-19-6-7-20-16/h6-7,10,13H,2-5,8-9,11-12H2,1H3,(H,21,22,25). The predicted molar refractivity (Wildman–Crippen MR) is 102 cm³/mol. The number of carbonyl (C=O) groups excluding carboxylic acids is 1. The molecule has 2 aromatic heterocycles. The van der Waals surface area contributed by atoms with Crippen LogP contribution < -0.4 is 10.2 Å². The Bertz CT molecular complexity index is 764. The molecule has 4 heterocycles. The van der Waals surface area contributed by atoms with Crippen LogP contribution in [0.4, 0.5) is 10.9 Å². The van der Waals surface area contributed by atoms with E-state index >= 15 is 0 Å². The number of rotatable bonds is 4. The van der Waals surface area contributed by atoms with E-state index in [9.17, 15) is 4.79 Å². The molecular weight excluding hydrogens is 348 g/mol. The molecule has 0 aromatic carbocycles. The van der Waals surface area contributed by atoms with Crippen molar-refractivity contribution in [3.8, 4) is 0 Å². The number of aromatic nitrogens is 3. The van der Waals surface area contributed by atoms with Gasteiger partial charge in [-0.2, -0.15) is 0 Å². The van der Waals surface area contributed by atoms with Gasteiger partial charge in [-0.1, -0.05) is 6.92 Å². The smallest absolute Gasteiger partial charge is 0.231 e. The van der Waals surface area contributed by atoms with E-state index in [0.717, 1.165) is 62.1 Å². The zero-order chi connectivity index (χ0) is 17.9.